The van der Waals surface area contributed by atoms with Crippen molar-refractivity contribution in [3.8, 4) is 56.5 Å². The first-order chi connectivity index (χ1) is 25.0. The third-order valence-electron chi connectivity index (χ3n) is 10.2. The minimum Gasteiger partial charge on any atom is -0.507 e. The van der Waals surface area contributed by atoms with E-state index in [1.807, 2.05) is 18.2 Å². The van der Waals surface area contributed by atoms with Gasteiger partial charge in [0.25, 0.3) is 0 Å². The van der Waals surface area contributed by atoms with Crippen molar-refractivity contribution in [1.82, 2.24) is 14.5 Å². The highest BCUT2D eigenvalue weighted by atomic mass is 16.3. The molecule has 0 bridgehead atoms. The Kier molecular flexibility index (Phi) is 9.59. The van der Waals surface area contributed by atoms with Crippen LogP contribution in [0.2, 0.25) is 0 Å². The van der Waals surface area contributed by atoms with Gasteiger partial charge in [-0.1, -0.05) is 146 Å². The van der Waals surface area contributed by atoms with E-state index in [0.717, 1.165) is 50.5 Å². The summed E-state index contributed by atoms with van der Waals surface area (Å²) in [5.74, 6) is 2.51. The molecule has 2 heterocycles. The van der Waals surface area contributed by atoms with Gasteiger partial charge < -0.3 is 5.11 Å². The van der Waals surface area contributed by atoms with Gasteiger partial charge in [-0.25, -0.2) is 9.97 Å². The first-order valence-electron chi connectivity index (χ1n) is 18.7. The van der Waals surface area contributed by atoms with E-state index in [9.17, 15) is 5.11 Å². The molecule has 7 rings (SSSR count). The summed E-state index contributed by atoms with van der Waals surface area (Å²) in [5.41, 5.74) is 14.8. The largest absolute Gasteiger partial charge is 0.507 e. The predicted molar refractivity (Wildman–Crippen MR) is 219 cm³/mol. The lowest BCUT2D eigenvalue weighted by molar-refractivity contribution is 0.477. The van der Waals surface area contributed by atoms with Gasteiger partial charge >= 0.3 is 0 Å². The summed E-state index contributed by atoms with van der Waals surface area (Å²) in [6, 6.07) is 42.4. The van der Waals surface area contributed by atoms with Gasteiger partial charge in [0.1, 0.15) is 11.6 Å². The van der Waals surface area contributed by atoms with Crippen LogP contribution in [0.3, 0.4) is 0 Å². The lowest BCUT2D eigenvalue weighted by Crippen LogP contribution is -2.08. The van der Waals surface area contributed by atoms with Crippen molar-refractivity contribution >= 4 is 11.0 Å². The Morgan fingerprint density at radius 2 is 1.02 bits per heavy atom. The number of phenolic OH excluding ortho intramolecular Hbond substituents is 1. The van der Waals surface area contributed by atoms with E-state index < -0.39 is 0 Å². The van der Waals surface area contributed by atoms with Crippen molar-refractivity contribution in [3.63, 3.8) is 0 Å². The minimum absolute atomic E-state index is 0.206. The summed E-state index contributed by atoms with van der Waals surface area (Å²) >= 11 is 0. The molecule has 0 aliphatic heterocycles. The molecule has 5 aromatic carbocycles. The van der Waals surface area contributed by atoms with E-state index in [4.69, 9.17) is 9.97 Å². The summed E-state index contributed by atoms with van der Waals surface area (Å²) in [7, 11) is 0. The molecular weight excluding hydrogens is 635 g/mol. The minimum atomic E-state index is 0.206. The van der Waals surface area contributed by atoms with Crippen LogP contribution in [-0.2, 0) is 0 Å². The maximum Gasteiger partial charge on any atom is 0.145 e. The highest BCUT2D eigenvalue weighted by Gasteiger charge is 2.24. The van der Waals surface area contributed by atoms with Crippen LogP contribution in [0, 0.1) is 0 Å². The average Bonchev–Trinajstić information content (AvgIpc) is 3.54. The molecule has 0 aliphatic rings. The summed E-state index contributed by atoms with van der Waals surface area (Å²) in [6.07, 6.45) is 0. The smallest absolute Gasteiger partial charge is 0.145 e. The molecule has 0 fully saturated rings. The lowest BCUT2D eigenvalue weighted by Gasteiger charge is -2.22. The normalized spacial score (nSPS) is 11.8. The highest BCUT2D eigenvalue weighted by molar-refractivity contribution is 5.96. The van der Waals surface area contributed by atoms with Crippen molar-refractivity contribution in [2.24, 2.45) is 0 Å². The number of aromatic nitrogens is 3. The number of fused-ring (bicyclic) bond motifs is 1. The molecule has 0 atom stereocenters. The van der Waals surface area contributed by atoms with E-state index in [0.29, 0.717) is 29.2 Å². The second-order valence-corrected chi connectivity index (χ2v) is 15.2. The Morgan fingerprint density at radius 3 is 1.62 bits per heavy atom. The zero-order valence-corrected chi connectivity index (χ0v) is 31.6. The molecule has 0 radical (unpaired) electrons. The van der Waals surface area contributed by atoms with Crippen LogP contribution in [0.4, 0.5) is 0 Å². The fraction of sp³-hybridized carbons (Fsp3) is 0.250. The van der Waals surface area contributed by atoms with Gasteiger partial charge in [-0.05, 0) is 87.4 Å². The number of rotatable bonds is 9. The predicted octanol–water partition coefficient (Wildman–Crippen LogP) is 13.3. The summed E-state index contributed by atoms with van der Waals surface area (Å²) in [6.45, 7) is 18.1. The van der Waals surface area contributed by atoms with Gasteiger partial charge in [-0.3, -0.25) is 4.57 Å². The zero-order valence-electron chi connectivity index (χ0n) is 31.6. The van der Waals surface area contributed by atoms with Crippen LogP contribution < -0.4 is 0 Å². The number of pyridine rings is 1. The summed E-state index contributed by atoms with van der Waals surface area (Å²) < 4.78 is 2.38. The Bertz CT molecular complexity index is 2330. The third kappa shape index (κ3) is 6.54. The SMILES string of the molecule is CC(C)c1cc(-c2cc(-c3ccccc3O)nc(-c3cccc4c3nc(-c3ccccc3)n4-c3c(C(C)C)cccc3C(C)C)c2)cc(C(C)C)c1. The van der Waals surface area contributed by atoms with E-state index >= 15 is 0 Å². The van der Waals surface area contributed by atoms with Crippen LogP contribution in [0.15, 0.2) is 121 Å². The molecule has 0 saturated carbocycles. The van der Waals surface area contributed by atoms with Crippen molar-refractivity contribution in [3.05, 3.63) is 144 Å². The monoisotopic (exact) mass is 683 g/mol. The second kappa shape index (κ2) is 14.3. The van der Waals surface area contributed by atoms with Crippen molar-refractivity contribution < 1.29 is 5.11 Å². The molecular formula is C48H49N3O. The quantitative estimate of drug-likeness (QED) is 0.165. The molecule has 4 nitrogen and oxygen atoms in total. The molecule has 1 N–H and O–H groups in total. The number of nitrogens with zero attached hydrogens (tertiary/aromatic N) is 3. The Morgan fingerprint density at radius 1 is 0.481 bits per heavy atom. The number of hydrogen-bond donors (Lipinski definition) is 1. The topological polar surface area (TPSA) is 50.9 Å². The third-order valence-corrected chi connectivity index (χ3v) is 10.2. The van der Waals surface area contributed by atoms with Crippen molar-refractivity contribution in [2.45, 2.75) is 79.1 Å². The Hall–Kier alpha value is -5.48. The number of phenols is 1. The molecule has 0 saturated heterocycles. The Labute approximate surface area is 308 Å². The van der Waals surface area contributed by atoms with Crippen LogP contribution in [0.25, 0.3) is 61.8 Å². The molecule has 2 aromatic heterocycles. The fourth-order valence-electron chi connectivity index (χ4n) is 7.26. The van der Waals surface area contributed by atoms with Gasteiger partial charge in [0, 0.05) is 16.7 Å². The van der Waals surface area contributed by atoms with E-state index in [2.05, 4.69) is 157 Å². The van der Waals surface area contributed by atoms with E-state index in [-0.39, 0.29) is 5.75 Å². The van der Waals surface area contributed by atoms with Crippen LogP contribution in [0.1, 0.15) is 101 Å². The number of imidazole rings is 1. The average molecular weight is 684 g/mol. The second-order valence-electron chi connectivity index (χ2n) is 15.2. The van der Waals surface area contributed by atoms with Gasteiger partial charge in [0.2, 0.25) is 0 Å². The van der Waals surface area contributed by atoms with Crippen LogP contribution in [-0.4, -0.2) is 19.6 Å². The standard InChI is InChI=1S/C48H49N3O/c1-29(2)34-24-35(30(3)4)26-36(25-34)37-27-42(40-18-12-13-23-45(40)52)49-43(28-37)41-21-15-22-44-46(41)50-48(33-16-10-9-11-17-33)51(44)47-38(31(5)6)19-14-20-39(47)32(7)8/h9-32,52H,1-8H3. The summed E-state index contributed by atoms with van der Waals surface area (Å²) in [4.78, 5) is 10.8. The molecule has 0 unspecified atom stereocenters. The fourth-order valence-corrected chi connectivity index (χ4v) is 7.26. The number of aromatic hydroxyl groups is 1. The first-order valence-corrected chi connectivity index (χ1v) is 18.7. The van der Waals surface area contributed by atoms with Gasteiger partial charge in [0.15, 0.2) is 0 Å². The molecule has 262 valence electrons. The van der Waals surface area contributed by atoms with Crippen LogP contribution >= 0.6 is 0 Å². The van der Waals surface area contributed by atoms with E-state index in [1.54, 1.807) is 6.07 Å². The number of benzene rings is 5. The lowest BCUT2D eigenvalue weighted by atomic mass is 9.90. The number of hydrogen-bond acceptors (Lipinski definition) is 3. The molecule has 0 spiro atoms. The number of para-hydroxylation sites is 3. The molecule has 52 heavy (non-hydrogen) atoms. The maximum atomic E-state index is 11.1. The molecule has 0 amide bonds. The van der Waals surface area contributed by atoms with Gasteiger partial charge in [0.05, 0.1) is 28.1 Å². The highest BCUT2D eigenvalue weighted by Crippen LogP contribution is 2.41. The molecule has 7 aromatic rings. The zero-order chi connectivity index (χ0) is 36.7. The van der Waals surface area contributed by atoms with Crippen LogP contribution in [0.5, 0.6) is 5.75 Å². The summed E-state index contributed by atoms with van der Waals surface area (Å²) in [5, 5.41) is 11.1. The maximum absolute atomic E-state index is 11.1. The first kappa shape index (κ1) is 34.9. The van der Waals surface area contributed by atoms with Crippen molar-refractivity contribution in [2.75, 3.05) is 0 Å². The van der Waals surface area contributed by atoms with Gasteiger partial charge in [-0.15, -0.1) is 0 Å². The van der Waals surface area contributed by atoms with E-state index in [1.165, 1.54) is 27.9 Å². The van der Waals surface area contributed by atoms with Crippen molar-refractivity contribution in [1.29, 1.82) is 0 Å². The van der Waals surface area contributed by atoms with Gasteiger partial charge in [-0.2, -0.15) is 0 Å². The molecule has 4 heteroatoms. The molecule has 0 aliphatic carbocycles. The Balaban J connectivity index is 1.56.